The average Bonchev–Trinajstić information content (AvgIpc) is 3.15. The molecular weight excluding hydrogens is 455 g/mol. The summed E-state index contributed by atoms with van der Waals surface area (Å²) in [6, 6.07) is 10.6. The van der Waals surface area contributed by atoms with Crippen LogP contribution in [0.15, 0.2) is 52.5 Å². The smallest absolute Gasteiger partial charge is 0.243 e. The van der Waals surface area contributed by atoms with Gasteiger partial charge in [-0.3, -0.25) is 4.79 Å². The van der Waals surface area contributed by atoms with Gasteiger partial charge in [0.25, 0.3) is 0 Å². The molecule has 1 saturated heterocycles. The third-order valence-corrected chi connectivity index (χ3v) is 7.92. The molecule has 170 valence electrons. The zero-order valence-electron chi connectivity index (χ0n) is 17.5. The Balaban J connectivity index is 1.52. The van der Waals surface area contributed by atoms with Crippen LogP contribution < -0.4 is 5.32 Å². The zero-order valence-corrected chi connectivity index (χ0v) is 19.1. The molecule has 1 aromatic heterocycles. The summed E-state index contributed by atoms with van der Waals surface area (Å²) in [6.45, 7) is 3.97. The second-order valence-electron chi connectivity index (χ2n) is 7.15. The Bertz CT molecular complexity index is 1240. The fraction of sp³-hybridized carbons (Fsp3) is 0.333. The topological polar surface area (TPSA) is 93.5 Å². The van der Waals surface area contributed by atoms with E-state index in [1.807, 2.05) is 11.5 Å². The van der Waals surface area contributed by atoms with Crippen molar-refractivity contribution >= 4 is 44.4 Å². The molecule has 0 unspecified atom stereocenters. The van der Waals surface area contributed by atoms with Crippen molar-refractivity contribution < 1.29 is 22.3 Å². The van der Waals surface area contributed by atoms with Gasteiger partial charge in [-0.2, -0.15) is 4.31 Å². The summed E-state index contributed by atoms with van der Waals surface area (Å²) >= 11 is 1.24. The predicted molar refractivity (Wildman–Crippen MR) is 121 cm³/mol. The molecule has 0 saturated carbocycles. The summed E-state index contributed by atoms with van der Waals surface area (Å²) in [7, 11) is -3.63. The number of sulfonamides is 1. The summed E-state index contributed by atoms with van der Waals surface area (Å²) in [5.41, 5.74) is 1.73. The molecule has 0 bridgehead atoms. The summed E-state index contributed by atoms with van der Waals surface area (Å²) in [6.07, 6.45) is 0. The molecule has 3 aromatic rings. The summed E-state index contributed by atoms with van der Waals surface area (Å²) in [5, 5.41) is 3.27. The number of halogens is 1. The highest BCUT2D eigenvalue weighted by atomic mass is 32.2. The second-order valence-corrected chi connectivity index (χ2v) is 10.0. The van der Waals surface area contributed by atoms with Gasteiger partial charge >= 0.3 is 0 Å². The molecule has 0 aliphatic carbocycles. The standard InChI is InChI=1S/C21H23FN4O4S2/c1-2-26-19-7-6-17(32(28,29)25-8-10-30-11-9-25)13-18(19)24-21(26)31-14-20(27)23-16-5-3-4-15(22)12-16/h3-7,12-13H,2,8-11,14H2,1H3,(H,23,27). The monoisotopic (exact) mass is 478 g/mol. The molecule has 11 heteroatoms. The number of carbonyl (C=O) groups excluding carboxylic acids is 1. The molecule has 0 spiro atoms. The Kier molecular flexibility index (Phi) is 6.79. The number of amides is 1. The van der Waals surface area contributed by atoms with Crippen LogP contribution >= 0.6 is 11.8 Å². The van der Waals surface area contributed by atoms with Gasteiger partial charge in [-0.25, -0.2) is 17.8 Å². The summed E-state index contributed by atoms with van der Waals surface area (Å²) in [5.74, 6) is -0.629. The first-order chi connectivity index (χ1) is 15.4. The average molecular weight is 479 g/mol. The second kappa shape index (κ2) is 9.57. The molecule has 8 nitrogen and oxygen atoms in total. The lowest BCUT2D eigenvalue weighted by molar-refractivity contribution is -0.113. The number of aromatic nitrogens is 2. The van der Waals surface area contributed by atoms with Gasteiger partial charge < -0.3 is 14.6 Å². The first-order valence-corrected chi connectivity index (χ1v) is 12.6. The highest BCUT2D eigenvalue weighted by Gasteiger charge is 2.27. The normalized spacial score (nSPS) is 15.2. The van der Waals surface area contributed by atoms with E-state index in [0.29, 0.717) is 49.2 Å². The minimum Gasteiger partial charge on any atom is -0.379 e. The van der Waals surface area contributed by atoms with Crippen LogP contribution in [-0.2, 0) is 26.1 Å². The Labute approximate surface area is 189 Å². The molecule has 1 amide bonds. The summed E-state index contributed by atoms with van der Waals surface area (Å²) < 4.78 is 47.8. The Morgan fingerprint density at radius 2 is 2.00 bits per heavy atom. The number of hydrogen-bond acceptors (Lipinski definition) is 6. The van der Waals surface area contributed by atoms with Crippen LogP contribution in [-0.4, -0.2) is 60.2 Å². The van der Waals surface area contributed by atoms with Crippen molar-refractivity contribution in [2.24, 2.45) is 0 Å². The van der Waals surface area contributed by atoms with E-state index in [1.54, 1.807) is 24.3 Å². The van der Waals surface area contributed by atoms with Gasteiger partial charge in [0.05, 0.1) is 34.9 Å². The van der Waals surface area contributed by atoms with Crippen molar-refractivity contribution in [1.82, 2.24) is 13.9 Å². The lowest BCUT2D eigenvalue weighted by Gasteiger charge is -2.26. The number of fused-ring (bicyclic) bond motifs is 1. The number of imidazole rings is 1. The van der Waals surface area contributed by atoms with E-state index in [0.717, 1.165) is 5.52 Å². The van der Waals surface area contributed by atoms with Crippen LogP contribution in [0, 0.1) is 5.82 Å². The molecular formula is C21H23FN4O4S2. The number of benzene rings is 2. The van der Waals surface area contributed by atoms with Crippen LogP contribution in [0.3, 0.4) is 0 Å². The van der Waals surface area contributed by atoms with E-state index in [4.69, 9.17) is 4.74 Å². The first-order valence-electron chi connectivity index (χ1n) is 10.1. The van der Waals surface area contributed by atoms with Crippen LogP contribution in [0.4, 0.5) is 10.1 Å². The molecule has 1 aliphatic rings. The maximum absolute atomic E-state index is 13.3. The van der Waals surface area contributed by atoms with Crippen molar-refractivity contribution in [2.45, 2.75) is 23.5 Å². The molecule has 0 atom stereocenters. The Morgan fingerprint density at radius 1 is 1.22 bits per heavy atom. The highest BCUT2D eigenvalue weighted by Crippen LogP contribution is 2.27. The molecule has 1 N–H and O–H groups in total. The van der Waals surface area contributed by atoms with Crippen molar-refractivity contribution in [3.8, 4) is 0 Å². The minimum atomic E-state index is -3.63. The molecule has 0 radical (unpaired) electrons. The van der Waals surface area contributed by atoms with E-state index in [2.05, 4.69) is 10.3 Å². The molecule has 1 fully saturated rings. The quantitative estimate of drug-likeness (QED) is 0.525. The number of nitrogens with zero attached hydrogens (tertiary/aromatic N) is 3. The first kappa shape index (κ1) is 22.7. The van der Waals surface area contributed by atoms with Crippen molar-refractivity contribution in [1.29, 1.82) is 0 Å². The van der Waals surface area contributed by atoms with E-state index in [9.17, 15) is 17.6 Å². The van der Waals surface area contributed by atoms with E-state index >= 15 is 0 Å². The number of aryl methyl sites for hydroxylation is 1. The van der Waals surface area contributed by atoms with Crippen molar-refractivity contribution in [3.05, 3.63) is 48.3 Å². The largest absolute Gasteiger partial charge is 0.379 e. The third kappa shape index (κ3) is 4.80. The highest BCUT2D eigenvalue weighted by molar-refractivity contribution is 7.99. The molecule has 32 heavy (non-hydrogen) atoms. The van der Waals surface area contributed by atoms with Gasteiger partial charge in [-0.15, -0.1) is 0 Å². The number of thioether (sulfide) groups is 1. The van der Waals surface area contributed by atoms with Crippen molar-refractivity contribution in [3.63, 3.8) is 0 Å². The Hall–Kier alpha value is -2.47. The van der Waals surface area contributed by atoms with Crippen LogP contribution in [0.1, 0.15) is 6.92 Å². The van der Waals surface area contributed by atoms with Gasteiger partial charge in [0.15, 0.2) is 5.16 Å². The van der Waals surface area contributed by atoms with E-state index < -0.39 is 15.8 Å². The lowest BCUT2D eigenvalue weighted by atomic mass is 10.3. The summed E-state index contributed by atoms with van der Waals surface area (Å²) in [4.78, 5) is 17.0. The van der Waals surface area contributed by atoms with Crippen LogP contribution in [0.25, 0.3) is 11.0 Å². The number of anilines is 1. The van der Waals surface area contributed by atoms with Gasteiger partial charge in [0.1, 0.15) is 5.82 Å². The fourth-order valence-electron chi connectivity index (χ4n) is 3.49. The van der Waals surface area contributed by atoms with E-state index in [1.165, 1.54) is 34.3 Å². The minimum absolute atomic E-state index is 0.0821. The lowest BCUT2D eigenvalue weighted by Crippen LogP contribution is -2.40. The van der Waals surface area contributed by atoms with Gasteiger partial charge in [0.2, 0.25) is 15.9 Å². The van der Waals surface area contributed by atoms with Gasteiger partial charge in [-0.1, -0.05) is 17.8 Å². The third-order valence-electron chi connectivity index (χ3n) is 5.05. The Morgan fingerprint density at radius 3 is 2.72 bits per heavy atom. The van der Waals surface area contributed by atoms with Crippen molar-refractivity contribution in [2.75, 3.05) is 37.4 Å². The molecule has 4 rings (SSSR count). The maximum atomic E-state index is 13.3. The number of hydrogen-bond donors (Lipinski definition) is 1. The molecule has 1 aliphatic heterocycles. The van der Waals surface area contributed by atoms with Gasteiger partial charge in [-0.05, 0) is 43.3 Å². The number of morpholine rings is 1. The SMILES string of the molecule is CCn1c(SCC(=O)Nc2cccc(F)c2)nc2cc(S(=O)(=O)N3CCOCC3)ccc21. The predicted octanol–water partition coefficient (Wildman–Crippen LogP) is 2.95. The molecule has 2 aromatic carbocycles. The van der Waals surface area contributed by atoms with Gasteiger partial charge in [0, 0.05) is 25.3 Å². The number of carbonyl (C=O) groups is 1. The van der Waals surface area contributed by atoms with Crippen LogP contribution in [0.5, 0.6) is 0 Å². The number of ether oxygens (including phenoxy) is 1. The van der Waals surface area contributed by atoms with E-state index in [-0.39, 0.29) is 16.6 Å². The van der Waals surface area contributed by atoms with Crippen LogP contribution in [0.2, 0.25) is 0 Å². The molecule has 2 heterocycles. The zero-order chi connectivity index (χ0) is 22.7. The maximum Gasteiger partial charge on any atom is 0.243 e. The number of rotatable bonds is 7. The fourth-order valence-corrected chi connectivity index (χ4v) is 5.80. The number of nitrogens with one attached hydrogen (secondary N) is 1.